The largest absolute Gasteiger partial charge is 0.309 e. The van der Waals surface area contributed by atoms with E-state index in [0.29, 0.717) is 0 Å². The van der Waals surface area contributed by atoms with Gasteiger partial charge in [-0.15, -0.1) is 0 Å². The van der Waals surface area contributed by atoms with Gasteiger partial charge in [-0.25, -0.2) is 0 Å². The van der Waals surface area contributed by atoms with Gasteiger partial charge in [-0.3, -0.25) is 0 Å². The molecule has 0 aliphatic carbocycles. The van der Waals surface area contributed by atoms with Crippen molar-refractivity contribution in [2.45, 2.75) is 0 Å². The fourth-order valence-corrected chi connectivity index (χ4v) is 7.05. The van der Waals surface area contributed by atoms with E-state index in [1.54, 1.807) is 0 Å². The Morgan fingerprint density at radius 2 is 0.717 bits per heavy atom. The van der Waals surface area contributed by atoms with Gasteiger partial charge >= 0.3 is 0 Å². The predicted molar refractivity (Wildman–Crippen MR) is 196 cm³/mol. The first-order chi connectivity index (χ1) is 22.8. The lowest BCUT2D eigenvalue weighted by Gasteiger charge is -2.11. The molecule has 2 heterocycles. The summed E-state index contributed by atoms with van der Waals surface area (Å²) in [5.74, 6) is 0. The van der Waals surface area contributed by atoms with Gasteiger partial charge in [0.25, 0.3) is 0 Å². The molecule has 2 aromatic heterocycles. The zero-order valence-corrected chi connectivity index (χ0v) is 25.3. The molecule has 7 aromatic carbocycles. The molecule has 0 bridgehead atoms. The van der Waals surface area contributed by atoms with Crippen molar-refractivity contribution in [2.75, 3.05) is 0 Å². The van der Waals surface area contributed by atoms with Crippen molar-refractivity contribution in [3.05, 3.63) is 176 Å². The number of rotatable bonds is 5. The number of para-hydroxylation sites is 3. The number of nitrogens with zero attached hydrogens (tertiary/aromatic N) is 2. The fourth-order valence-electron chi connectivity index (χ4n) is 7.05. The Morgan fingerprint density at radius 3 is 1.20 bits per heavy atom. The van der Waals surface area contributed by atoms with E-state index < -0.39 is 0 Å². The molecular weight excluding hydrogens is 556 g/mol. The average Bonchev–Trinajstić information content (AvgIpc) is 3.64. The van der Waals surface area contributed by atoms with Crippen LogP contribution in [0.15, 0.2) is 170 Å². The normalized spacial score (nSPS) is 11.6. The highest BCUT2D eigenvalue weighted by Crippen LogP contribution is 2.36. The van der Waals surface area contributed by atoms with Crippen molar-refractivity contribution in [3.63, 3.8) is 0 Å². The molecule has 0 aliphatic heterocycles. The Bertz CT molecular complexity index is 2510. The monoisotopic (exact) mass is 586 g/mol. The molecule has 2 nitrogen and oxygen atoms in total. The van der Waals surface area contributed by atoms with Crippen molar-refractivity contribution in [2.24, 2.45) is 0 Å². The van der Waals surface area contributed by atoms with Crippen LogP contribution in [-0.4, -0.2) is 9.13 Å². The first-order valence-electron chi connectivity index (χ1n) is 15.7. The summed E-state index contributed by atoms with van der Waals surface area (Å²) in [4.78, 5) is 0. The van der Waals surface area contributed by atoms with Gasteiger partial charge in [0.2, 0.25) is 0 Å². The Kier molecular flexibility index (Phi) is 6.00. The van der Waals surface area contributed by atoms with Crippen molar-refractivity contribution in [1.29, 1.82) is 0 Å². The van der Waals surface area contributed by atoms with Crippen molar-refractivity contribution in [1.82, 2.24) is 9.13 Å². The van der Waals surface area contributed by atoms with Crippen LogP contribution in [0.3, 0.4) is 0 Å². The molecule has 216 valence electrons. The lowest BCUT2D eigenvalue weighted by molar-refractivity contribution is 1.18. The Hall–Kier alpha value is -6.12. The van der Waals surface area contributed by atoms with Crippen LogP contribution < -0.4 is 0 Å². The molecule has 0 radical (unpaired) electrons. The van der Waals surface area contributed by atoms with Gasteiger partial charge in [0.1, 0.15) is 0 Å². The van der Waals surface area contributed by atoms with Crippen molar-refractivity contribution < 1.29 is 0 Å². The molecule has 9 aromatic rings. The van der Waals surface area contributed by atoms with Crippen molar-refractivity contribution in [3.8, 4) is 33.6 Å². The Balaban J connectivity index is 1.09. The summed E-state index contributed by atoms with van der Waals surface area (Å²) in [6, 6.07) is 59.3. The minimum absolute atomic E-state index is 1.13. The second-order valence-corrected chi connectivity index (χ2v) is 11.9. The van der Waals surface area contributed by atoms with Crippen LogP contribution in [0, 0.1) is 0 Å². The van der Waals surface area contributed by atoms with Crippen molar-refractivity contribution >= 4 is 49.7 Å². The predicted octanol–water partition coefficient (Wildman–Crippen LogP) is 11.9. The van der Waals surface area contributed by atoms with Crippen LogP contribution in [0.25, 0.3) is 83.3 Å². The molecule has 0 spiro atoms. The second kappa shape index (κ2) is 10.5. The maximum Gasteiger partial charge on any atom is 0.0541 e. The molecule has 2 heteroatoms. The molecule has 0 aliphatic rings. The Labute approximate surface area is 267 Å². The topological polar surface area (TPSA) is 9.86 Å². The van der Waals surface area contributed by atoms with E-state index in [0.717, 1.165) is 11.3 Å². The van der Waals surface area contributed by atoms with E-state index in [4.69, 9.17) is 0 Å². The van der Waals surface area contributed by atoms with E-state index in [-0.39, 0.29) is 0 Å². The molecule has 0 unspecified atom stereocenters. The van der Waals surface area contributed by atoms with Gasteiger partial charge in [0.15, 0.2) is 0 Å². The zero-order chi connectivity index (χ0) is 30.6. The van der Waals surface area contributed by atoms with E-state index in [2.05, 4.69) is 180 Å². The molecule has 0 saturated carbocycles. The minimum atomic E-state index is 1.13. The third-order valence-electron chi connectivity index (χ3n) is 9.32. The number of benzene rings is 7. The van der Waals surface area contributed by atoms with Gasteiger partial charge in [-0.2, -0.15) is 0 Å². The van der Waals surface area contributed by atoms with E-state index in [9.17, 15) is 0 Å². The van der Waals surface area contributed by atoms with Gasteiger partial charge in [-0.1, -0.05) is 122 Å². The van der Waals surface area contributed by atoms with Crippen LogP contribution >= 0.6 is 0 Å². The maximum absolute atomic E-state index is 3.89. The van der Waals surface area contributed by atoms with Crippen LogP contribution in [0.1, 0.15) is 5.56 Å². The first kappa shape index (κ1) is 26.3. The van der Waals surface area contributed by atoms with Gasteiger partial charge < -0.3 is 9.13 Å². The molecule has 0 N–H and O–H groups in total. The van der Waals surface area contributed by atoms with Crippen LogP contribution in [0.4, 0.5) is 0 Å². The molecular formula is C44H30N2. The van der Waals surface area contributed by atoms with Crippen LogP contribution in [0.2, 0.25) is 0 Å². The van der Waals surface area contributed by atoms with E-state index in [1.165, 1.54) is 71.6 Å². The number of hydrogen-bond acceptors (Lipinski definition) is 0. The third-order valence-corrected chi connectivity index (χ3v) is 9.32. The number of hydrogen-bond donors (Lipinski definition) is 0. The second-order valence-electron chi connectivity index (χ2n) is 11.9. The summed E-state index contributed by atoms with van der Waals surface area (Å²) in [5, 5.41) is 5.07. The maximum atomic E-state index is 3.89. The lowest BCUT2D eigenvalue weighted by atomic mass is 10.0. The zero-order valence-electron chi connectivity index (χ0n) is 25.3. The SMILES string of the molecule is C=Cc1ccc(-c2ccc3c(c2)c2ccccc2n3-c2ccc(-c3ccc(-n4c5ccccc5c5ccccc54)cc3)cc2)cc1. The highest BCUT2D eigenvalue weighted by Gasteiger charge is 2.14. The third kappa shape index (κ3) is 4.12. The Morgan fingerprint density at radius 1 is 0.348 bits per heavy atom. The first-order valence-corrected chi connectivity index (χ1v) is 15.7. The summed E-state index contributed by atoms with van der Waals surface area (Å²) >= 11 is 0. The fraction of sp³-hybridized carbons (Fsp3) is 0. The van der Waals surface area contributed by atoms with E-state index in [1.807, 2.05) is 6.08 Å². The molecule has 0 fully saturated rings. The minimum Gasteiger partial charge on any atom is -0.309 e. The van der Waals surface area contributed by atoms with Gasteiger partial charge in [0.05, 0.1) is 22.1 Å². The van der Waals surface area contributed by atoms with Crippen LogP contribution in [0.5, 0.6) is 0 Å². The average molecular weight is 587 g/mol. The molecule has 46 heavy (non-hydrogen) atoms. The molecule has 9 rings (SSSR count). The summed E-state index contributed by atoms with van der Waals surface area (Å²) in [5.41, 5.74) is 13.1. The molecule has 0 amide bonds. The summed E-state index contributed by atoms with van der Waals surface area (Å²) in [6.07, 6.45) is 1.88. The smallest absolute Gasteiger partial charge is 0.0541 e. The van der Waals surface area contributed by atoms with Gasteiger partial charge in [0, 0.05) is 32.9 Å². The van der Waals surface area contributed by atoms with E-state index >= 15 is 0 Å². The van der Waals surface area contributed by atoms with Crippen LogP contribution in [-0.2, 0) is 0 Å². The van der Waals surface area contributed by atoms with Gasteiger partial charge in [-0.05, 0) is 82.4 Å². The lowest BCUT2D eigenvalue weighted by Crippen LogP contribution is -1.94. The summed E-state index contributed by atoms with van der Waals surface area (Å²) in [7, 11) is 0. The summed E-state index contributed by atoms with van der Waals surface area (Å²) in [6.45, 7) is 3.89. The molecule has 0 atom stereocenters. The number of fused-ring (bicyclic) bond motifs is 6. The summed E-state index contributed by atoms with van der Waals surface area (Å²) < 4.78 is 4.74. The highest BCUT2D eigenvalue weighted by molar-refractivity contribution is 6.11. The standard InChI is InChI=1S/C44H30N2/c1-2-30-15-17-33(18-16-30)34-23-28-44-40(29-34)39-11-5-8-14-43(39)46(44)36-26-21-32(22-27-36)31-19-24-35(25-20-31)45-41-12-6-3-9-37(41)38-10-4-7-13-42(38)45/h2-29H,1H2. The highest BCUT2D eigenvalue weighted by atomic mass is 15.0. The number of aromatic nitrogens is 2. The quantitative estimate of drug-likeness (QED) is 0.190. The molecule has 0 saturated heterocycles.